The van der Waals surface area contributed by atoms with E-state index in [0.717, 1.165) is 116 Å². The van der Waals surface area contributed by atoms with Gasteiger partial charge in [0.05, 0.1) is 0 Å². The third-order valence-electron chi connectivity index (χ3n) is 10.4. The van der Waals surface area contributed by atoms with Crippen LogP contribution in [0.25, 0.3) is 0 Å². The van der Waals surface area contributed by atoms with Crippen molar-refractivity contribution < 1.29 is 28.6 Å². The van der Waals surface area contributed by atoms with E-state index in [9.17, 15) is 14.4 Å². The fraction of sp³-hybridized carbons (Fsp3) is 0.632. The number of allylic oxidation sites excluding steroid dienone is 18. The number of unbranched alkanes of at least 4 members (excludes halogenated alkanes) is 20. The summed E-state index contributed by atoms with van der Waals surface area (Å²) in [6, 6.07) is 0. The second kappa shape index (κ2) is 50.7. The van der Waals surface area contributed by atoms with E-state index in [0.29, 0.717) is 19.3 Å². The van der Waals surface area contributed by atoms with Crippen LogP contribution in [0.4, 0.5) is 0 Å². The zero-order valence-electron chi connectivity index (χ0n) is 40.5. The number of ether oxygens (including phenoxy) is 3. The van der Waals surface area contributed by atoms with E-state index in [1.165, 1.54) is 57.8 Å². The molecule has 356 valence electrons. The molecule has 0 spiro atoms. The highest BCUT2D eigenvalue weighted by atomic mass is 16.6. The minimum absolute atomic E-state index is 0.107. The van der Waals surface area contributed by atoms with Gasteiger partial charge in [-0.25, -0.2) is 0 Å². The van der Waals surface area contributed by atoms with Gasteiger partial charge in [-0.05, 0) is 89.9 Å². The van der Waals surface area contributed by atoms with E-state index in [1.807, 2.05) is 36.5 Å². The number of esters is 3. The summed E-state index contributed by atoms with van der Waals surface area (Å²) >= 11 is 0. The molecular formula is C57H92O6. The first kappa shape index (κ1) is 59.1. The van der Waals surface area contributed by atoms with Crippen LogP contribution in [0.15, 0.2) is 109 Å². The second-order valence-electron chi connectivity index (χ2n) is 16.5. The molecule has 0 bridgehead atoms. The first-order valence-electron chi connectivity index (χ1n) is 25.5. The Morgan fingerprint density at radius 2 is 0.698 bits per heavy atom. The Balaban J connectivity index is 4.50. The van der Waals surface area contributed by atoms with Gasteiger partial charge < -0.3 is 14.2 Å². The first-order chi connectivity index (χ1) is 31.0. The molecule has 0 saturated heterocycles. The second-order valence-corrected chi connectivity index (χ2v) is 16.5. The van der Waals surface area contributed by atoms with Crippen LogP contribution in [0.2, 0.25) is 0 Å². The lowest BCUT2D eigenvalue weighted by atomic mass is 10.1. The van der Waals surface area contributed by atoms with E-state index < -0.39 is 6.10 Å². The highest BCUT2D eigenvalue weighted by Crippen LogP contribution is 2.13. The topological polar surface area (TPSA) is 78.9 Å². The van der Waals surface area contributed by atoms with E-state index in [4.69, 9.17) is 14.2 Å². The summed E-state index contributed by atoms with van der Waals surface area (Å²) in [7, 11) is 0. The van der Waals surface area contributed by atoms with E-state index >= 15 is 0 Å². The van der Waals surface area contributed by atoms with Crippen molar-refractivity contribution in [2.24, 2.45) is 0 Å². The third-order valence-corrected chi connectivity index (χ3v) is 10.4. The molecule has 0 heterocycles. The molecule has 0 fully saturated rings. The molecule has 63 heavy (non-hydrogen) atoms. The Morgan fingerprint density at radius 1 is 0.349 bits per heavy atom. The van der Waals surface area contributed by atoms with Gasteiger partial charge in [-0.15, -0.1) is 0 Å². The average Bonchev–Trinajstić information content (AvgIpc) is 3.28. The van der Waals surface area contributed by atoms with Crippen molar-refractivity contribution in [3.63, 3.8) is 0 Å². The van der Waals surface area contributed by atoms with Crippen molar-refractivity contribution in [3.8, 4) is 0 Å². The summed E-state index contributed by atoms with van der Waals surface area (Å²) in [5.41, 5.74) is 0. The molecule has 0 rings (SSSR count). The number of hydrogen-bond donors (Lipinski definition) is 0. The monoisotopic (exact) mass is 873 g/mol. The minimum atomic E-state index is -0.808. The van der Waals surface area contributed by atoms with Gasteiger partial charge in [-0.2, -0.15) is 0 Å². The largest absolute Gasteiger partial charge is 0.462 e. The van der Waals surface area contributed by atoms with E-state index in [-0.39, 0.29) is 31.1 Å². The molecule has 1 unspecified atom stereocenters. The van der Waals surface area contributed by atoms with Crippen molar-refractivity contribution in [2.45, 2.75) is 219 Å². The van der Waals surface area contributed by atoms with Crippen molar-refractivity contribution in [1.29, 1.82) is 0 Å². The van der Waals surface area contributed by atoms with Gasteiger partial charge in [-0.1, -0.05) is 214 Å². The minimum Gasteiger partial charge on any atom is -0.462 e. The highest BCUT2D eigenvalue weighted by Gasteiger charge is 2.19. The standard InChI is InChI=1S/C57H92O6/c1-4-7-10-13-16-19-22-25-27-28-29-30-33-35-38-41-44-47-50-56(59)62-53-54(52-61-55(58)49-46-43-40-37-34-31-24-21-18-15-12-9-6-3)63-57(60)51-48-45-42-39-36-32-26-23-20-17-14-11-8-5-2/h8-9,11-12,15,17-18,20-22,24-25,27-31,34,54H,4-7,10,13-14,16,19,23,26,32-33,35-53H2,1-3H3/b11-8+,12-9+,18-15+,20-17+,24-21+,25-22+,28-27+,30-29+,34-31+. The summed E-state index contributed by atoms with van der Waals surface area (Å²) in [6.07, 6.45) is 67.8. The predicted octanol–water partition coefficient (Wildman–Crippen LogP) is 16.8. The summed E-state index contributed by atoms with van der Waals surface area (Å²) < 4.78 is 16.7. The Hall–Kier alpha value is -3.93. The summed E-state index contributed by atoms with van der Waals surface area (Å²) in [4.78, 5) is 37.9. The van der Waals surface area contributed by atoms with Crippen LogP contribution in [0.3, 0.4) is 0 Å². The van der Waals surface area contributed by atoms with Crippen molar-refractivity contribution in [1.82, 2.24) is 0 Å². The predicted molar refractivity (Wildman–Crippen MR) is 270 cm³/mol. The molecule has 1 atom stereocenters. The molecule has 0 aliphatic heterocycles. The maximum atomic E-state index is 12.8. The van der Waals surface area contributed by atoms with Crippen LogP contribution in [-0.2, 0) is 28.6 Å². The molecule has 0 radical (unpaired) electrons. The van der Waals surface area contributed by atoms with E-state index in [1.54, 1.807) is 0 Å². The van der Waals surface area contributed by atoms with E-state index in [2.05, 4.69) is 93.7 Å². The van der Waals surface area contributed by atoms with Crippen molar-refractivity contribution in [3.05, 3.63) is 109 Å². The molecule has 6 heteroatoms. The van der Waals surface area contributed by atoms with Gasteiger partial charge in [0.15, 0.2) is 6.10 Å². The molecule has 0 aromatic carbocycles. The molecule has 0 amide bonds. The Kier molecular flexibility index (Phi) is 47.5. The lowest BCUT2D eigenvalue weighted by Gasteiger charge is -2.18. The van der Waals surface area contributed by atoms with Crippen LogP contribution in [0.1, 0.15) is 213 Å². The van der Waals surface area contributed by atoms with Gasteiger partial charge in [0.1, 0.15) is 13.2 Å². The Labute approximate surface area is 387 Å². The normalized spacial score (nSPS) is 13.0. The molecule has 0 aromatic heterocycles. The van der Waals surface area contributed by atoms with Crippen LogP contribution < -0.4 is 0 Å². The molecule has 0 N–H and O–H groups in total. The third kappa shape index (κ3) is 49.0. The quantitative estimate of drug-likeness (QED) is 0.0199. The maximum absolute atomic E-state index is 12.8. The van der Waals surface area contributed by atoms with Gasteiger partial charge >= 0.3 is 17.9 Å². The van der Waals surface area contributed by atoms with Crippen LogP contribution in [0.5, 0.6) is 0 Å². The molecule has 0 aliphatic rings. The maximum Gasteiger partial charge on any atom is 0.306 e. The molecular weight excluding hydrogens is 781 g/mol. The zero-order chi connectivity index (χ0) is 45.8. The highest BCUT2D eigenvalue weighted by molar-refractivity contribution is 5.71. The zero-order valence-corrected chi connectivity index (χ0v) is 40.5. The molecule has 0 aliphatic carbocycles. The lowest BCUT2D eigenvalue weighted by Crippen LogP contribution is -2.30. The summed E-state index contributed by atoms with van der Waals surface area (Å²) in [5, 5.41) is 0. The Bertz CT molecular complexity index is 1330. The number of rotatable bonds is 44. The molecule has 0 saturated carbocycles. The SMILES string of the molecule is CC/C=C/C=C/C=C/C=C/CCCCCC(=O)OCC(COC(=O)CCCCCCC/C=C/C=C/C=C/CCCCCCC)OC(=O)CCCCCCCCC/C=C/C/C=C/CC. The lowest BCUT2D eigenvalue weighted by molar-refractivity contribution is -0.167. The number of carbonyl (C=O) groups excluding carboxylic acids is 3. The van der Waals surface area contributed by atoms with Gasteiger partial charge in [0, 0.05) is 19.3 Å². The fourth-order valence-corrected chi connectivity index (χ4v) is 6.61. The summed E-state index contributed by atoms with van der Waals surface area (Å²) in [5.74, 6) is -0.980. The molecule has 6 nitrogen and oxygen atoms in total. The van der Waals surface area contributed by atoms with Crippen molar-refractivity contribution >= 4 is 17.9 Å². The molecule has 0 aromatic rings. The smallest absolute Gasteiger partial charge is 0.306 e. The van der Waals surface area contributed by atoms with Gasteiger partial charge in [-0.3, -0.25) is 14.4 Å². The van der Waals surface area contributed by atoms with Gasteiger partial charge in [0.25, 0.3) is 0 Å². The first-order valence-corrected chi connectivity index (χ1v) is 25.5. The van der Waals surface area contributed by atoms with Crippen molar-refractivity contribution in [2.75, 3.05) is 13.2 Å². The number of hydrogen-bond acceptors (Lipinski definition) is 6. The fourth-order valence-electron chi connectivity index (χ4n) is 6.61. The van der Waals surface area contributed by atoms with Crippen LogP contribution in [0, 0.1) is 0 Å². The average molecular weight is 873 g/mol. The van der Waals surface area contributed by atoms with Crippen LogP contribution >= 0.6 is 0 Å². The van der Waals surface area contributed by atoms with Crippen LogP contribution in [-0.4, -0.2) is 37.2 Å². The number of carbonyl (C=O) groups is 3. The summed E-state index contributed by atoms with van der Waals surface area (Å²) in [6.45, 7) is 6.30. The Morgan fingerprint density at radius 3 is 1.16 bits per heavy atom. The van der Waals surface area contributed by atoms with Gasteiger partial charge in [0.2, 0.25) is 0 Å².